The molecule has 0 fully saturated rings. The predicted octanol–water partition coefficient (Wildman–Crippen LogP) is 2.77. The van der Waals surface area contributed by atoms with Gasteiger partial charge in [0.15, 0.2) is 10.9 Å². The van der Waals surface area contributed by atoms with Gasteiger partial charge in [-0.3, -0.25) is 14.4 Å². The van der Waals surface area contributed by atoms with E-state index in [1.165, 1.54) is 6.92 Å². The average molecular weight is 367 g/mol. The fourth-order valence-corrected chi connectivity index (χ4v) is 2.66. The number of benzene rings is 1. The highest BCUT2D eigenvalue weighted by Gasteiger charge is 2.12. The molecule has 0 spiro atoms. The van der Waals surface area contributed by atoms with Crippen LogP contribution in [0.3, 0.4) is 0 Å². The predicted molar refractivity (Wildman–Crippen MR) is 88.7 cm³/mol. The summed E-state index contributed by atoms with van der Waals surface area (Å²) >= 11 is 1.14. The summed E-state index contributed by atoms with van der Waals surface area (Å²) in [4.78, 5) is 38.6. The summed E-state index contributed by atoms with van der Waals surface area (Å²) in [5.74, 6) is -2.88. The van der Waals surface area contributed by atoms with Crippen LogP contribution in [0.25, 0.3) is 0 Å². The number of carbonyl (C=O) groups is 3. The number of nitrogens with zero attached hydrogens (tertiary/aromatic N) is 1. The van der Waals surface area contributed by atoms with Gasteiger partial charge in [0.25, 0.3) is 5.91 Å². The fraction of sp³-hybridized carbons (Fsp3) is 0.250. The molecular weight excluding hydrogens is 352 g/mol. The maximum atomic E-state index is 13.4. The molecule has 0 aliphatic carbocycles. The number of halogens is 2. The topological polar surface area (TPSA) is 88.2 Å². The van der Waals surface area contributed by atoms with Crippen molar-refractivity contribution in [3.63, 3.8) is 0 Å². The number of nitrogens with one attached hydrogen (secondary N) is 2. The first-order valence-electron chi connectivity index (χ1n) is 7.36. The average Bonchev–Trinajstić information content (AvgIpc) is 3.00. The number of anilines is 1. The van der Waals surface area contributed by atoms with Crippen LogP contribution < -0.4 is 10.6 Å². The van der Waals surface area contributed by atoms with Gasteiger partial charge in [-0.05, 0) is 18.6 Å². The quantitative estimate of drug-likeness (QED) is 0.582. The molecule has 1 aromatic carbocycles. The number of thiazole rings is 1. The largest absolute Gasteiger partial charge is 0.352 e. The van der Waals surface area contributed by atoms with Gasteiger partial charge in [0.1, 0.15) is 17.3 Å². The Bertz CT molecular complexity index is 808. The Morgan fingerprint density at radius 1 is 1.24 bits per heavy atom. The van der Waals surface area contributed by atoms with Crippen LogP contribution in [0.15, 0.2) is 23.6 Å². The van der Waals surface area contributed by atoms with Gasteiger partial charge in [0.2, 0.25) is 5.91 Å². The van der Waals surface area contributed by atoms with Crippen molar-refractivity contribution in [2.75, 3.05) is 11.9 Å². The van der Waals surface area contributed by atoms with E-state index in [2.05, 4.69) is 15.6 Å². The zero-order valence-corrected chi connectivity index (χ0v) is 14.1. The molecule has 0 saturated heterocycles. The van der Waals surface area contributed by atoms with Crippen molar-refractivity contribution in [3.8, 4) is 0 Å². The molecule has 1 aromatic heterocycles. The molecule has 0 saturated carbocycles. The minimum absolute atomic E-state index is 0.112. The number of hydrogen-bond donors (Lipinski definition) is 2. The van der Waals surface area contributed by atoms with Crippen molar-refractivity contribution in [1.29, 1.82) is 0 Å². The van der Waals surface area contributed by atoms with Gasteiger partial charge in [-0.1, -0.05) is 0 Å². The van der Waals surface area contributed by atoms with Crippen LogP contribution in [-0.4, -0.2) is 29.1 Å². The molecule has 1 heterocycles. The third-order valence-electron chi connectivity index (χ3n) is 3.15. The second kappa shape index (κ2) is 8.43. The highest BCUT2D eigenvalue weighted by atomic mass is 32.1. The van der Waals surface area contributed by atoms with Gasteiger partial charge in [0.05, 0.1) is 5.56 Å². The highest BCUT2D eigenvalue weighted by Crippen LogP contribution is 2.16. The molecular formula is C16H15F2N3O3S. The molecule has 0 bridgehead atoms. The van der Waals surface area contributed by atoms with E-state index in [0.29, 0.717) is 17.6 Å². The van der Waals surface area contributed by atoms with Crippen molar-refractivity contribution in [1.82, 2.24) is 10.3 Å². The third kappa shape index (κ3) is 5.42. The fourth-order valence-electron chi connectivity index (χ4n) is 1.89. The molecule has 9 heteroatoms. The number of rotatable bonds is 7. The highest BCUT2D eigenvalue weighted by molar-refractivity contribution is 7.14. The second-order valence-corrected chi connectivity index (χ2v) is 5.98. The van der Waals surface area contributed by atoms with E-state index in [0.717, 1.165) is 23.5 Å². The SMILES string of the molecule is CC(=O)c1csc(NC(=O)CCCNC(=O)c2ccc(F)cc2F)n1. The van der Waals surface area contributed by atoms with Crippen LogP contribution in [0.1, 0.15) is 40.6 Å². The van der Waals surface area contributed by atoms with Gasteiger partial charge < -0.3 is 10.6 Å². The summed E-state index contributed by atoms with van der Waals surface area (Å²) < 4.78 is 26.2. The Kier molecular flexibility index (Phi) is 6.29. The molecule has 25 heavy (non-hydrogen) atoms. The van der Waals surface area contributed by atoms with E-state index < -0.39 is 17.5 Å². The van der Waals surface area contributed by atoms with Crippen LogP contribution in [-0.2, 0) is 4.79 Å². The van der Waals surface area contributed by atoms with Gasteiger partial charge in [-0.2, -0.15) is 0 Å². The van der Waals surface area contributed by atoms with Crippen LogP contribution >= 0.6 is 11.3 Å². The van der Waals surface area contributed by atoms with E-state index in [1.54, 1.807) is 5.38 Å². The van der Waals surface area contributed by atoms with Crippen molar-refractivity contribution in [2.45, 2.75) is 19.8 Å². The third-order valence-corrected chi connectivity index (χ3v) is 3.91. The molecule has 2 aromatic rings. The smallest absolute Gasteiger partial charge is 0.254 e. The lowest BCUT2D eigenvalue weighted by Gasteiger charge is -2.06. The zero-order valence-electron chi connectivity index (χ0n) is 13.3. The Labute approximate surface area is 146 Å². The summed E-state index contributed by atoms with van der Waals surface area (Å²) in [6.07, 6.45) is 0.437. The normalized spacial score (nSPS) is 10.4. The Morgan fingerprint density at radius 2 is 2.00 bits per heavy atom. The molecule has 2 rings (SSSR count). The van der Waals surface area contributed by atoms with Crippen LogP contribution in [0.4, 0.5) is 13.9 Å². The minimum atomic E-state index is -0.944. The van der Waals surface area contributed by atoms with Gasteiger partial charge in [-0.15, -0.1) is 11.3 Å². The standard InChI is InChI=1S/C16H15F2N3O3S/c1-9(22)13-8-25-16(20-13)21-14(23)3-2-6-19-15(24)11-5-4-10(17)7-12(11)18/h4-5,7-8H,2-3,6H2,1H3,(H,19,24)(H,20,21,23). The maximum Gasteiger partial charge on any atom is 0.254 e. The lowest BCUT2D eigenvalue weighted by molar-refractivity contribution is -0.116. The van der Waals surface area contributed by atoms with Crippen LogP contribution in [0.2, 0.25) is 0 Å². The molecule has 2 N–H and O–H groups in total. The summed E-state index contributed by atoms with van der Waals surface area (Å²) in [6.45, 7) is 1.53. The van der Waals surface area contributed by atoms with Crippen molar-refractivity contribution in [3.05, 3.63) is 46.5 Å². The molecule has 0 aliphatic heterocycles. The second-order valence-electron chi connectivity index (χ2n) is 5.13. The lowest BCUT2D eigenvalue weighted by Crippen LogP contribution is -2.26. The van der Waals surface area contributed by atoms with Gasteiger partial charge >= 0.3 is 0 Å². The molecule has 132 valence electrons. The van der Waals surface area contributed by atoms with E-state index in [4.69, 9.17) is 0 Å². The summed E-state index contributed by atoms with van der Waals surface area (Å²) in [5, 5.41) is 6.89. The van der Waals surface area contributed by atoms with Crippen LogP contribution in [0.5, 0.6) is 0 Å². The first kappa shape index (κ1) is 18.7. The van der Waals surface area contributed by atoms with Crippen molar-refractivity contribution in [2.24, 2.45) is 0 Å². The number of carbonyl (C=O) groups excluding carboxylic acids is 3. The molecule has 6 nitrogen and oxygen atoms in total. The maximum absolute atomic E-state index is 13.4. The van der Waals surface area contributed by atoms with E-state index in [-0.39, 0.29) is 35.9 Å². The molecule has 0 radical (unpaired) electrons. The Morgan fingerprint density at radius 3 is 2.64 bits per heavy atom. The number of ketones is 1. The van der Waals surface area contributed by atoms with Crippen molar-refractivity contribution >= 4 is 34.1 Å². The molecule has 0 unspecified atom stereocenters. The summed E-state index contributed by atoms with van der Waals surface area (Å²) in [6, 6.07) is 2.68. The zero-order chi connectivity index (χ0) is 18.4. The molecule has 0 atom stereocenters. The Hall–Kier alpha value is -2.68. The van der Waals surface area contributed by atoms with E-state index in [9.17, 15) is 23.2 Å². The number of amides is 2. The number of Topliss-reactive ketones (excluding diaryl/α,β-unsaturated/α-hetero) is 1. The first-order valence-corrected chi connectivity index (χ1v) is 8.24. The number of aromatic nitrogens is 1. The van der Waals surface area contributed by atoms with Crippen LogP contribution in [0, 0.1) is 11.6 Å². The van der Waals surface area contributed by atoms with Gasteiger partial charge in [0, 0.05) is 31.3 Å². The van der Waals surface area contributed by atoms with Gasteiger partial charge in [-0.25, -0.2) is 13.8 Å². The first-order chi connectivity index (χ1) is 11.9. The van der Waals surface area contributed by atoms with E-state index >= 15 is 0 Å². The molecule has 2 amide bonds. The monoisotopic (exact) mass is 367 g/mol. The summed E-state index contributed by atoms with van der Waals surface area (Å²) in [7, 11) is 0. The van der Waals surface area contributed by atoms with E-state index in [1.807, 2.05) is 0 Å². The molecule has 0 aliphatic rings. The summed E-state index contributed by atoms with van der Waals surface area (Å²) in [5.41, 5.74) is 0.0271. The van der Waals surface area contributed by atoms with Crippen molar-refractivity contribution < 1.29 is 23.2 Å². The minimum Gasteiger partial charge on any atom is -0.352 e. The lowest BCUT2D eigenvalue weighted by atomic mass is 10.2. The number of hydrogen-bond acceptors (Lipinski definition) is 5. The Balaban J connectivity index is 1.73.